The molecule has 0 bridgehead atoms. The zero-order chi connectivity index (χ0) is 11.7. The highest BCUT2D eigenvalue weighted by Gasteiger charge is 2.22. The molecule has 0 aromatic rings. The minimum absolute atomic E-state index is 0.395. The molecule has 2 heteroatoms. The molecular formula is C13H29NS. The fourth-order valence-electron chi connectivity index (χ4n) is 1.69. The topological polar surface area (TPSA) is 12.0 Å². The summed E-state index contributed by atoms with van der Waals surface area (Å²) in [4.78, 5) is 0. The molecule has 0 saturated carbocycles. The number of rotatable bonds is 8. The smallest absolute Gasteiger partial charge is 0.0116 e. The van der Waals surface area contributed by atoms with Crippen molar-refractivity contribution in [3.8, 4) is 0 Å². The molecule has 1 unspecified atom stereocenters. The fraction of sp³-hybridized carbons (Fsp3) is 1.00. The van der Waals surface area contributed by atoms with E-state index in [1.54, 1.807) is 0 Å². The first-order valence-electron chi connectivity index (χ1n) is 6.33. The van der Waals surface area contributed by atoms with Gasteiger partial charge in [-0.1, -0.05) is 34.6 Å². The average molecular weight is 231 g/mol. The molecule has 0 aliphatic carbocycles. The van der Waals surface area contributed by atoms with Crippen molar-refractivity contribution < 1.29 is 0 Å². The van der Waals surface area contributed by atoms with E-state index in [-0.39, 0.29) is 0 Å². The fourth-order valence-corrected chi connectivity index (χ4v) is 2.35. The Hall–Kier alpha value is 0.310. The van der Waals surface area contributed by atoms with Crippen LogP contribution in [0.1, 0.15) is 53.9 Å². The van der Waals surface area contributed by atoms with Crippen molar-refractivity contribution in [1.29, 1.82) is 0 Å². The number of nitrogens with one attached hydrogen (secondary N) is 1. The van der Waals surface area contributed by atoms with Crippen molar-refractivity contribution in [3.63, 3.8) is 0 Å². The van der Waals surface area contributed by atoms with Crippen LogP contribution in [0, 0.1) is 5.41 Å². The van der Waals surface area contributed by atoms with Gasteiger partial charge in [0.1, 0.15) is 0 Å². The molecule has 0 aromatic carbocycles. The summed E-state index contributed by atoms with van der Waals surface area (Å²) < 4.78 is 0. The van der Waals surface area contributed by atoms with Gasteiger partial charge in [-0.2, -0.15) is 11.8 Å². The number of thioether (sulfide) groups is 1. The molecule has 0 saturated heterocycles. The monoisotopic (exact) mass is 231 g/mol. The molecule has 0 spiro atoms. The van der Waals surface area contributed by atoms with E-state index in [0.717, 1.165) is 6.54 Å². The van der Waals surface area contributed by atoms with Crippen LogP contribution >= 0.6 is 11.8 Å². The van der Waals surface area contributed by atoms with Gasteiger partial charge in [-0.3, -0.25) is 0 Å². The van der Waals surface area contributed by atoms with Crippen LogP contribution in [0.25, 0.3) is 0 Å². The Bertz CT molecular complexity index is 140. The highest BCUT2D eigenvalue weighted by atomic mass is 32.2. The van der Waals surface area contributed by atoms with Crippen molar-refractivity contribution in [3.05, 3.63) is 0 Å². The molecule has 0 heterocycles. The van der Waals surface area contributed by atoms with E-state index < -0.39 is 0 Å². The maximum absolute atomic E-state index is 3.68. The van der Waals surface area contributed by atoms with Crippen LogP contribution in [0.15, 0.2) is 0 Å². The lowest BCUT2D eigenvalue weighted by Gasteiger charge is -2.31. The molecule has 0 amide bonds. The van der Waals surface area contributed by atoms with E-state index in [2.05, 4.69) is 51.7 Å². The molecule has 0 aliphatic rings. The summed E-state index contributed by atoms with van der Waals surface area (Å²) in [5.41, 5.74) is 0.395. The zero-order valence-electron chi connectivity index (χ0n) is 11.2. The Morgan fingerprint density at radius 2 is 1.87 bits per heavy atom. The van der Waals surface area contributed by atoms with Crippen LogP contribution < -0.4 is 5.32 Å². The summed E-state index contributed by atoms with van der Waals surface area (Å²) in [6.45, 7) is 12.7. The first-order chi connectivity index (χ1) is 7.02. The molecule has 0 rings (SSSR count). The molecule has 1 nitrogen and oxygen atoms in total. The Morgan fingerprint density at radius 1 is 1.20 bits per heavy atom. The van der Waals surface area contributed by atoms with E-state index in [1.165, 1.54) is 30.8 Å². The summed E-state index contributed by atoms with van der Waals surface area (Å²) in [6.07, 6.45) is 3.89. The third-order valence-electron chi connectivity index (χ3n) is 2.67. The summed E-state index contributed by atoms with van der Waals surface area (Å²) in [6, 6.07) is 0.676. The lowest BCUT2D eigenvalue weighted by atomic mass is 9.84. The van der Waals surface area contributed by atoms with Crippen molar-refractivity contribution in [1.82, 2.24) is 5.32 Å². The van der Waals surface area contributed by atoms with Crippen molar-refractivity contribution >= 4 is 11.8 Å². The zero-order valence-corrected chi connectivity index (χ0v) is 12.0. The summed E-state index contributed by atoms with van der Waals surface area (Å²) >= 11 is 2.06. The molecule has 92 valence electrons. The van der Waals surface area contributed by atoms with Crippen molar-refractivity contribution in [2.75, 3.05) is 18.1 Å². The Morgan fingerprint density at radius 3 is 2.33 bits per heavy atom. The summed E-state index contributed by atoms with van der Waals surface area (Å²) in [5, 5.41) is 3.68. The molecule has 0 fully saturated rings. The van der Waals surface area contributed by atoms with Crippen LogP contribution in [0.5, 0.6) is 0 Å². The highest BCUT2D eigenvalue weighted by Crippen LogP contribution is 2.23. The van der Waals surface area contributed by atoms with Gasteiger partial charge in [0.05, 0.1) is 0 Å². The maximum Gasteiger partial charge on any atom is 0.0116 e. The van der Waals surface area contributed by atoms with Gasteiger partial charge in [0.2, 0.25) is 0 Å². The maximum atomic E-state index is 3.68. The molecule has 0 radical (unpaired) electrons. The second-order valence-electron chi connectivity index (χ2n) is 5.21. The number of hydrogen-bond donors (Lipinski definition) is 1. The average Bonchev–Trinajstić information content (AvgIpc) is 2.15. The highest BCUT2D eigenvalue weighted by molar-refractivity contribution is 7.99. The lowest BCUT2D eigenvalue weighted by Crippen LogP contribution is -2.40. The summed E-state index contributed by atoms with van der Waals surface area (Å²) in [7, 11) is 0. The van der Waals surface area contributed by atoms with Crippen molar-refractivity contribution in [2.45, 2.75) is 59.9 Å². The normalized spacial score (nSPS) is 14.2. The largest absolute Gasteiger partial charge is 0.313 e. The number of hydrogen-bond acceptors (Lipinski definition) is 2. The van der Waals surface area contributed by atoms with E-state index in [1.807, 2.05) is 0 Å². The van der Waals surface area contributed by atoms with E-state index in [4.69, 9.17) is 0 Å². The van der Waals surface area contributed by atoms with Crippen LogP contribution in [0.3, 0.4) is 0 Å². The van der Waals surface area contributed by atoms with E-state index in [0.29, 0.717) is 11.5 Å². The van der Waals surface area contributed by atoms with Crippen LogP contribution in [0.4, 0.5) is 0 Å². The molecule has 1 atom stereocenters. The SMILES string of the molecule is CCCNC(CCCSCC)C(C)(C)C. The molecule has 0 aromatic heterocycles. The van der Waals surface area contributed by atoms with Crippen LogP contribution in [-0.4, -0.2) is 24.1 Å². The van der Waals surface area contributed by atoms with Crippen molar-refractivity contribution in [2.24, 2.45) is 5.41 Å². The van der Waals surface area contributed by atoms with Gasteiger partial charge < -0.3 is 5.32 Å². The third kappa shape index (κ3) is 8.15. The lowest BCUT2D eigenvalue weighted by molar-refractivity contribution is 0.254. The first-order valence-corrected chi connectivity index (χ1v) is 7.49. The van der Waals surface area contributed by atoms with E-state index in [9.17, 15) is 0 Å². The van der Waals surface area contributed by atoms with Crippen LogP contribution in [0.2, 0.25) is 0 Å². The molecule has 0 aliphatic heterocycles. The second kappa shape index (κ2) is 8.46. The van der Waals surface area contributed by atoms with Gasteiger partial charge in [0.15, 0.2) is 0 Å². The van der Waals surface area contributed by atoms with E-state index >= 15 is 0 Å². The Labute approximate surface area is 101 Å². The predicted molar refractivity (Wildman–Crippen MR) is 73.8 cm³/mol. The minimum atomic E-state index is 0.395. The Kier molecular flexibility index (Phi) is 8.64. The van der Waals surface area contributed by atoms with Gasteiger partial charge in [-0.15, -0.1) is 0 Å². The van der Waals surface area contributed by atoms with Gasteiger partial charge in [-0.25, -0.2) is 0 Å². The molecule has 15 heavy (non-hydrogen) atoms. The van der Waals surface area contributed by atoms with Gasteiger partial charge in [0.25, 0.3) is 0 Å². The minimum Gasteiger partial charge on any atom is -0.313 e. The molecular weight excluding hydrogens is 202 g/mol. The third-order valence-corrected chi connectivity index (χ3v) is 3.66. The molecule has 1 N–H and O–H groups in total. The van der Waals surface area contributed by atoms with Gasteiger partial charge >= 0.3 is 0 Å². The van der Waals surface area contributed by atoms with Crippen LogP contribution in [-0.2, 0) is 0 Å². The standard InChI is InChI=1S/C13H29NS/c1-6-10-14-12(13(3,4)5)9-8-11-15-7-2/h12,14H,6-11H2,1-5H3. The Balaban J connectivity index is 3.81. The first kappa shape index (κ1) is 15.3. The van der Waals surface area contributed by atoms with Gasteiger partial charge in [-0.05, 0) is 42.7 Å². The quantitative estimate of drug-likeness (QED) is 0.635. The van der Waals surface area contributed by atoms with Gasteiger partial charge in [0, 0.05) is 6.04 Å². The summed E-state index contributed by atoms with van der Waals surface area (Å²) in [5.74, 6) is 2.57. The predicted octanol–water partition coefficient (Wildman–Crippen LogP) is 3.93. The second-order valence-corrected chi connectivity index (χ2v) is 6.61.